The van der Waals surface area contributed by atoms with E-state index in [1.807, 2.05) is 72.8 Å². The first-order valence-electron chi connectivity index (χ1n) is 13.4. The van der Waals surface area contributed by atoms with Gasteiger partial charge < -0.3 is 14.4 Å². The van der Waals surface area contributed by atoms with E-state index in [-0.39, 0.29) is 50.1 Å². The maximum Gasteiger partial charge on any atom is 0.120 e. The second-order valence-corrected chi connectivity index (χ2v) is 14.1. The zero-order valence-electron chi connectivity index (χ0n) is 24.1. The van der Waals surface area contributed by atoms with Gasteiger partial charge >= 0.3 is 0 Å². The minimum Gasteiger partial charge on any atom is -0.501 e. The number of hydrogen-bond acceptors (Lipinski definition) is 3. The molecule has 181 valence electrons. The Kier molecular flexibility index (Phi) is 6.43. The van der Waals surface area contributed by atoms with Crippen LogP contribution in [0.5, 0.6) is 0 Å². The van der Waals surface area contributed by atoms with Crippen molar-refractivity contribution >= 4 is 35.2 Å². The molecule has 1 radical (unpaired) electrons. The summed E-state index contributed by atoms with van der Waals surface area (Å²) in [5.74, 6) is 0. The van der Waals surface area contributed by atoms with Gasteiger partial charge in [-0.05, 0) is 29.6 Å². The van der Waals surface area contributed by atoms with Gasteiger partial charge in [0.05, 0.1) is 11.1 Å². The number of benzene rings is 3. The third-order valence-electron chi connectivity index (χ3n) is 5.61. The Balaban J connectivity index is 0.000000238. The van der Waals surface area contributed by atoms with Crippen molar-refractivity contribution in [3.8, 4) is 22.5 Å². The molecule has 0 amide bonds. The van der Waals surface area contributed by atoms with E-state index in [1.54, 1.807) is 6.20 Å². The van der Waals surface area contributed by atoms with E-state index in [1.165, 1.54) is 5.19 Å². The number of pyridine rings is 2. The Hall–Kier alpha value is -3.37. The predicted molar refractivity (Wildman–Crippen MR) is 147 cm³/mol. The summed E-state index contributed by atoms with van der Waals surface area (Å²) in [5.41, 5.74) is 3.96. The van der Waals surface area contributed by atoms with Crippen LogP contribution in [0.4, 0.5) is 0 Å². The van der Waals surface area contributed by atoms with Gasteiger partial charge in [-0.15, -0.1) is 53.2 Å². The van der Waals surface area contributed by atoms with Crippen molar-refractivity contribution < 1.29 is 30.0 Å². The van der Waals surface area contributed by atoms with Gasteiger partial charge in [0, 0.05) is 45.9 Å². The predicted octanol–water partition coefficient (Wildman–Crippen LogP) is 7.54. The van der Waals surface area contributed by atoms with Crippen LogP contribution in [0.25, 0.3) is 44.5 Å². The van der Waals surface area contributed by atoms with Crippen LogP contribution in [0.15, 0.2) is 108 Å². The Morgan fingerprint density at radius 1 is 0.861 bits per heavy atom. The number of fused-ring (bicyclic) bond motifs is 3. The Morgan fingerprint density at radius 2 is 1.67 bits per heavy atom. The minimum absolute atomic E-state index is 0. The second kappa shape index (κ2) is 11.1. The van der Waals surface area contributed by atoms with Crippen molar-refractivity contribution in [2.24, 2.45) is 0 Å². The first kappa shape index (κ1) is 20.8. The van der Waals surface area contributed by atoms with E-state index in [0.29, 0.717) is 11.1 Å². The van der Waals surface area contributed by atoms with Crippen molar-refractivity contribution in [3.63, 3.8) is 0 Å². The average Bonchev–Trinajstić information content (AvgIpc) is 3.34. The number of aromatic nitrogens is 2. The van der Waals surface area contributed by atoms with E-state index in [9.17, 15) is 0 Å². The van der Waals surface area contributed by atoms with Crippen LogP contribution in [-0.2, 0) is 20.1 Å². The molecule has 0 saturated heterocycles. The van der Waals surface area contributed by atoms with E-state index >= 15 is 0 Å². The van der Waals surface area contributed by atoms with Gasteiger partial charge in [-0.3, -0.25) is 0 Å². The van der Waals surface area contributed by atoms with Crippen LogP contribution in [0.3, 0.4) is 0 Å². The van der Waals surface area contributed by atoms with Crippen molar-refractivity contribution in [2.45, 2.75) is 19.6 Å². The molecule has 0 bridgehead atoms. The Bertz CT molecular complexity index is 1750. The molecule has 0 aliphatic carbocycles. The van der Waals surface area contributed by atoms with Crippen LogP contribution in [0.2, 0.25) is 19.6 Å². The molecular weight excluding hydrogens is 637 g/mol. The van der Waals surface area contributed by atoms with Crippen molar-refractivity contribution in [1.82, 2.24) is 9.97 Å². The summed E-state index contributed by atoms with van der Waals surface area (Å²) in [7, 11) is -1.71. The smallest absolute Gasteiger partial charge is 0.120 e. The molecule has 0 N–H and O–H groups in total. The zero-order valence-corrected chi connectivity index (χ0v) is 23.5. The standard InChI is InChI=1S/C20H18NOSi.C11H8N.Ir/c1-23(2,3)18-12-11-14(16-9-6-7-13-21-16)20-19(18)15-8-4-5-10-17(15)22-20;1-2-6-10(7-3-1)11-8-4-5-9-12-11;/h4-10,12-13H,1-3H3;1-6,8-9H;/q2*-1;/i6D,7D,9D,13D;;. The van der Waals surface area contributed by atoms with Crippen molar-refractivity contribution in [1.29, 1.82) is 0 Å². The summed E-state index contributed by atoms with van der Waals surface area (Å²) in [6.07, 6.45) is 1.47. The van der Waals surface area contributed by atoms with Crippen LogP contribution in [-0.4, -0.2) is 18.0 Å². The molecular formula is C31H26IrN2OSi-2. The monoisotopic (exact) mass is 667 g/mol. The maximum atomic E-state index is 8.25. The number of hydrogen-bond donors (Lipinski definition) is 0. The fourth-order valence-electron chi connectivity index (χ4n) is 3.96. The van der Waals surface area contributed by atoms with Gasteiger partial charge in [-0.1, -0.05) is 73.0 Å². The van der Waals surface area contributed by atoms with Crippen molar-refractivity contribution in [2.75, 3.05) is 0 Å². The molecule has 0 aliphatic rings. The topological polar surface area (TPSA) is 38.9 Å². The molecule has 6 rings (SSSR count). The van der Waals surface area contributed by atoms with E-state index in [0.717, 1.165) is 27.6 Å². The molecule has 5 heteroatoms. The van der Waals surface area contributed by atoms with Gasteiger partial charge in [-0.25, -0.2) is 0 Å². The summed E-state index contributed by atoms with van der Waals surface area (Å²) >= 11 is 0. The molecule has 0 fully saturated rings. The summed E-state index contributed by atoms with van der Waals surface area (Å²) in [5, 5.41) is 3.20. The summed E-state index contributed by atoms with van der Waals surface area (Å²) < 4.78 is 37.9. The molecule has 3 heterocycles. The first-order chi connectivity index (χ1) is 18.7. The third kappa shape index (κ3) is 5.39. The number of furan rings is 1. The second-order valence-electron chi connectivity index (χ2n) is 9.07. The van der Waals surface area contributed by atoms with Crippen molar-refractivity contribution in [3.05, 3.63) is 115 Å². The average molecular weight is 667 g/mol. The van der Waals surface area contributed by atoms with Gasteiger partial charge in [-0.2, -0.15) is 0 Å². The van der Waals surface area contributed by atoms with Crippen LogP contribution >= 0.6 is 0 Å². The molecule has 0 unspecified atom stereocenters. The molecule has 3 aromatic heterocycles. The van der Waals surface area contributed by atoms with Crippen LogP contribution in [0, 0.1) is 12.1 Å². The van der Waals surface area contributed by atoms with E-state index in [4.69, 9.17) is 9.90 Å². The van der Waals surface area contributed by atoms with Crippen LogP contribution in [0.1, 0.15) is 5.48 Å². The van der Waals surface area contributed by atoms with E-state index in [2.05, 4.69) is 41.7 Å². The molecule has 3 aromatic carbocycles. The quantitative estimate of drug-likeness (QED) is 0.145. The summed E-state index contributed by atoms with van der Waals surface area (Å²) in [6, 6.07) is 28.9. The third-order valence-corrected chi connectivity index (χ3v) is 7.62. The van der Waals surface area contributed by atoms with Gasteiger partial charge in [0.2, 0.25) is 0 Å². The molecule has 0 atom stereocenters. The summed E-state index contributed by atoms with van der Waals surface area (Å²) in [4.78, 5) is 8.32. The van der Waals surface area contributed by atoms with Gasteiger partial charge in [0.15, 0.2) is 0 Å². The Labute approximate surface area is 232 Å². The number of para-hydroxylation sites is 1. The fourth-order valence-corrected chi connectivity index (χ4v) is 5.47. The first-order valence-corrected chi connectivity index (χ1v) is 14.9. The largest absolute Gasteiger partial charge is 0.501 e. The fraction of sp³-hybridized carbons (Fsp3) is 0.0968. The molecule has 0 spiro atoms. The minimum atomic E-state index is -1.71. The normalized spacial score (nSPS) is 12.5. The maximum absolute atomic E-state index is 8.25. The molecule has 0 saturated carbocycles. The summed E-state index contributed by atoms with van der Waals surface area (Å²) in [6.45, 7) is 6.76. The zero-order chi connectivity index (χ0) is 27.7. The number of rotatable bonds is 3. The Morgan fingerprint density at radius 3 is 2.42 bits per heavy atom. The van der Waals surface area contributed by atoms with Gasteiger partial charge in [0.25, 0.3) is 0 Å². The number of nitrogens with zero attached hydrogens (tertiary/aromatic N) is 2. The van der Waals surface area contributed by atoms with E-state index < -0.39 is 8.07 Å². The van der Waals surface area contributed by atoms with Gasteiger partial charge in [0.1, 0.15) is 5.58 Å². The molecule has 3 nitrogen and oxygen atoms in total. The molecule has 36 heavy (non-hydrogen) atoms. The van der Waals surface area contributed by atoms with Crippen LogP contribution < -0.4 is 5.19 Å². The molecule has 6 aromatic rings. The SMILES string of the molecule is [2H]c1nc(-c2[c-]cc([Si](C)(C)C)c3c2oc2ccccc23)c([2H])c([2H])c1[2H].[Ir].[c-]1ccccc1-c1ccccn1. The molecule has 0 aliphatic heterocycles.